The summed E-state index contributed by atoms with van der Waals surface area (Å²) in [4.78, 5) is 0. The van der Waals surface area contributed by atoms with E-state index in [1.54, 1.807) is 12.1 Å². The minimum Gasteiger partial charge on any atom is -0.259 e. The van der Waals surface area contributed by atoms with Crippen molar-refractivity contribution in [3.8, 4) is 0 Å². The molecular weight excluding hydrogens is 443 g/mol. The number of halogens is 3. The van der Waals surface area contributed by atoms with Crippen LogP contribution < -0.4 is 4.48 Å². The molecule has 4 heteroatoms. The van der Waals surface area contributed by atoms with Crippen LogP contribution in [0.5, 0.6) is 0 Å². The molecule has 2 aromatic carbocycles. The van der Waals surface area contributed by atoms with Crippen LogP contribution in [0, 0.1) is 28.8 Å². The number of allylic oxidation sites excluding steroid dienone is 1. The first-order valence-corrected chi connectivity index (χ1v) is 13.4. The third kappa shape index (κ3) is 3.79. The van der Waals surface area contributed by atoms with Gasteiger partial charge in [-0.3, -0.25) is 4.48 Å². The fourth-order valence-corrected chi connectivity index (χ4v) is 7.62. The summed E-state index contributed by atoms with van der Waals surface area (Å²) in [7, 11) is 0. The molecule has 0 bridgehead atoms. The molecule has 0 fully saturated rings. The first kappa shape index (κ1) is 26.0. The third-order valence-electron chi connectivity index (χ3n) is 9.94. The molecule has 2 aliphatic rings. The van der Waals surface area contributed by atoms with Gasteiger partial charge in [0, 0.05) is 28.4 Å². The number of aryl methyl sites for hydroxylation is 1. The molecule has 0 saturated carbocycles. The molecule has 4 rings (SSSR count). The largest absolute Gasteiger partial charge is 0.259 e. The molecule has 5 atom stereocenters. The lowest BCUT2D eigenvalue weighted by Crippen LogP contribution is -2.70. The Hall–Kier alpha value is -2.07. The van der Waals surface area contributed by atoms with Crippen molar-refractivity contribution in [2.24, 2.45) is 11.3 Å². The highest BCUT2D eigenvalue weighted by Crippen LogP contribution is 2.63. The van der Waals surface area contributed by atoms with Gasteiger partial charge < -0.3 is 0 Å². The van der Waals surface area contributed by atoms with Crippen molar-refractivity contribution in [3.05, 3.63) is 76.7 Å². The average molecular weight is 485 g/mol. The van der Waals surface area contributed by atoms with E-state index in [4.69, 9.17) is 0 Å². The van der Waals surface area contributed by atoms with Gasteiger partial charge >= 0.3 is 0 Å². The summed E-state index contributed by atoms with van der Waals surface area (Å²) in [5.41, 5.74) is 3.14. The van der Waals surface area contributed by atoms with Crippen molar-refractivity contribution >= 4 is 5.69 Å². The van der Waals surface area contributed by atoms with Gasteiger partial charge in [-0.2, -0.15) is 0 Å². The minimum atomic E-state index is -0.551. The Bertz CT molecular complexity index is 1120. The molecule has 2 aromatic rings. The Kier molecular flexibility index (Phi) is 7.00. The van der Waals surface area contributed by atoms with Crippen LogP contribution in [0.25, 0.3) is 0 Å². The molecule has 35 heavy (non-hydrogen) atoms. The molecule has 0 amide bonds. The molecule has 2 heterocycles. The topological polar surface area (TPSA) is 0 Å². The fourth-order valence-electron chi connectivity index (χ4n) is 7.62. The maximum absolute atomic E-state index is 16.2. The van der Waals surface area contributed by atoms with Crippen LogP contribution in [0.1, 0.15) is 83.9 Å². The Balaban J connectivity index is 2.02. The van der Waals surface area contributed by atoms with Crippen molar-refractivity contribution in [2.45, 2.75) is 91.5 Å². The number of hydrogen-bond donors (Lipinski definition) is 0. The summed E-state index contributed by atoms with van der Waals surface area (Å²) in [6, 6.07) is 7.99. The Morgan fingerprint density at radius 3 is 2.29 bits per heavy atom. The Labute approximate surface area is 209 Å². The summed E-state index contributed by atoms with van der Waals surface area (Å²) >= 11 is 0. The lowest BCUT2D eigenvalue weighted by atomic mass is 9.50. The van der Waals surface area contributed by atoms with Gasteiger partial charge in [-0.05, 0) is 80.9 Å². The highest BCUT2D eigenvalue weighted by atomic mass is 19.1. The maximum atomic E-state index is 16.2. The van der Waals surface area contributed by atoms with E-state index in [0.29, 0.717) is 16.5 Å². The van der Waals surface area contributed by atoms with Crippen LogP contribution in [-0.2, 0) is 18.3 Å². The number of benzene rings is 2. The second kappa shape index (κ2) is 9.42. The van der Waals surface area contributed by atoms with Crippen LogP contribution in [0.2, 0.25) is 0 Å². The molecule has 5 unspecified atom stereocenters. The first-order valence-electron chi connectivity index (χ1n) is 13.4. The van der Waals surface area contributed by atoms with E-state index in [1.807, 2.05) is 0 Å². The van der Waals surface area contributed by atoms with Gasteiger partial charge in [-0.25, -0.2) is 13.2 Å². The second-order valence-electron chi connectivity index (χ2n) is 11.1. The molecule has 190 valence electrons. The molecule has 2 aliphatic heterocycles. The highest BCUT2D eigenvalue weighted by molar-refractivity contribution is 5.63. The predicted molar refractivity (Wildman–Crippen MR) is 140 cm³/mol. The van der Waals surface area contributed by atoms with Crippen LogP contribution in [0.3, 0.4) is 0 Å². The smallest absolute Gasteiger partial charge is 0.184 e. The number of rotatable bonds is 6. The first-order chi connectivity index (χ1) is 16.6. The quantitative estimate of drug-likeness (QED) is 0.360. The maximum Gasteiger partial charge on any atom is 0.184 e. The van der Waals surface area contributed by atoms with E-state index < -0.39 is 11.6 Å². The summed E-state index contributed by atoms with van der Waals surface area (Å²) in [5, 5.41) is 0. The minimum absolute atomic E-state index is 0.0696. The standard InChI is InChI=1S/C31H41F3N/c1-7-21-17-25-28(27(34)18-21)35(10-4)16-12-11-13-23(19-22-14-15-24(32)20-26(22)33)29(35)31(6,9-3)30(25,5)8-2/h12,14-18,20,23,29H,7-11,13,19H2,1-6H3/q+1. The van der Waals surface area contributed by atoms with Crippen molar-refractivity contribution in [1.29, 1.82) is 0 Å². The van der Waals surface area contributed by atoms with Gasteiger partial charge in [0.1, 0.15) is 17.7 Å². The molecule has 0 aliphatic carbocycles. The summed E-state index contributed by atoms with van der Waals surface area (Å²) in [6.45, 7) is 14.2. The van der Waals surface area contributed by atoms with E-state index in [2.05, 4.69) is 59.9 Å². The SMILES string of the molecule is CCc1cc(F)c2c(c1)C(C)(CC)C(C)(CC)C1C(Cc3ccc(F)cc3F)CCC=C[N+]21CC. The molecule has 1 nitrogen and oxygen atoms in total. The molecule has 0 saturated heterocycles. The summed E-state index contributed by atoms with van der Waals surface area (Å²) < 4.78 is 45.2. The zero-order valence-electron chi connectivity index (χ0n) is 22.2. The van der Waals surface area contributed by atoms with E-state index in [-0.39, 0.29) is 28.6 Å². The number of quaternary nitrogens is 1. The van der Waals surface area contributed by atoms with Crippen LogP contribution in [-0.4, -0.2) is 12.6 Å². The van der Waals surface area contributed by atoms with Crippen molar-refractivity contribution < 1.29 is 13.2 Å². The van der Waals surface area contributed by atoms with Gasteiger partial charge in [0.15, 0.2) is 11.5 Å². The molecular formula is C31H41F3N+. The molecule has 0 radical (unpaired) electrons. The summed E-state index contributed by atoms with van der Waals surface area (Å²) in [6.07, 6.45) is 9.38. The Morgan fingerprint density at radius 1 is 0.943 bits per heavy atom. The summed E-state index contributed by atoms with van der Waals surface area (Å²) in [5.74, 6) is -1.03. The highest BCUT2D eigenvalue weighted by Gasteiger charge is 2.65. The number of fused-ring (bicyclic) bond motifs is 3. The zero-order valence-corrected chi connectivity index (χ0v) is 22.2. The molecule has 0 aromatic heterocycles. The van der Waals surface area contributed by atoms with Crippen molar-refractivity contribution in [2.75, 3.05) is 6.54 Å². The second-order valence-corrected chi connectivity index (χ2v) is 11.1. The van der Waals surface area contributed by atoms with Gasteiger partial charge in [0.05, 0.1) is 12.7 Å². The lowest BCUT2D eigenvalue weighted by Gasteiger charge is -2.62. The Morgan fingerprint density at radius 2 is 1.69 bits per heavy atom. The number of nitrogens with zero attached hydrogens (tertiary/aromatic N) is 1. The van der Waals surface area contributed by atoms with E-state index >= 15 is 4.39 Å². The fraction of sp³-hybridized carbons (Fsp3) is 0.548. The third-order valence-corrected chi connectivity index (χ3v) is 9.94. The van der Waals surface area contributed by atoms with Gasteiger partial charge in [0.25, 0.3) is 0 Å². The van der Waals surface area contributed by atoms with E-state index in [9.17, 15) is 8.78 Å². The van der Waals surface area contributed by atoms with Crippen molar-refractivity contribution in [1.82, 2.24) is 4.48 Å². The van der Waals surface area contributed by atoms with Crippen LogP contribution in [0.4, 0.5) is 18.9 Å². The lowest BCUT2D eigenvalue weighted by molar-refractivity contribution is -0.0190. The van der Waals surface area contributed by atoms with Crippen LogP contribution in [0.15, 0.2) is 42.6 Å². The van der Waals surface area contributed by atoms with Gasteiger partial charge in [-0.1, -0.05) is 40.7 Å². The number of hydrogen-bond acceptors (Lipinski definition) is 0. The molecule has 0 N–H and O–H groups in total. The van der Waals surface area contributed by atoms with Crippen molar-refractivity contribution in [3.63, 3.8) is 0 Å². The predicted octanol–water partition coefficient (Wildman–Crippen LogP) is 8.63. The molecule has 0 spiro atoms. The zero-order chi connectivity index (χ0) is 25.6. The normalized spacial score (nSPS) is 32.1. The monoisotopic (exact) mass is 484 g/mol. The van der Waals surface area contributed by atoms with E-state index in [0.717, 1.165) is 61.5 Å². The average Bonchev–Trinajstić information content (AvgIpc) is 3.04. The van der Waals surface area contributed by atoms with Crippen LogP contribution >= 0.6 is 0 Å². The van der Waals surface area contributed by atoms with Gasteiger partial charge in [0.2, 0.25) is 0 Å². The van der Waals surface area contributed by atoms with E-state index in [1.165, 1.54) is 6.07 Å². The van der Waals surface area contributed by atoms with Gasteiger partial charge in [-0.15, -0.1) is 0 Å².